The minimum Gasteiger partial charge on any atom is -0.456 e. The third-order valence-corrected chi connectivity index (χ3v) is 5.96. The second-order valence-corrected chi connectivity index (χ2v) is 9.39. The number of benzene rings is 1. The average Bonchev–Trinajstić information content (AvgIpc) is 2.87. The van der Waals surface area contributed by atoms with Crippen molar-refractivity contribution in [3.63, 3.8) is 0 Å². The van der Waals surface area contributed by atoms with Gasteiger partial charge < -0.3 is 10.1 Å². The van der Waals surface area contributed by atoms with Crippen LogP contribution in [0, 0.1) is 11.3 Å². The molecule has 1 heterocycles. The fourth-order valence-corrected chi connectivity index (χ4v) is 4.98. The Balaban J connectivity index is 1.59. The van der Waals surface area contributed by atoms with Crippen molar-refractivity contribution in [2.24, 2.45) is 11.3 Å². The first-order chi connectivity index (χ1) is 14.0. The lowest BCUT2D eigenvalue weighted by Crippen LogP contribution is -2.54. The molecule has 30 heavy (non-hydrogen) atoms. The van der Waals surface area contributed by atoms with Crippen LogP contribution in [0.2, 0.25) is 0 Å². The number of urea groups is 1. The molecular formula is C23H30N2O5. The van der Waals surface area contributed by atoms with Gasteiger partial charge >= 0.3 is 12.0 Å². The summed E-state index contributed by atoms with van der Waals surface area (Å²) in [4.78, 5) is 50.9. The van der Waals surface area contributed by atoms with Crippen LogP contribution in [-0.2, 0) is 20.7 Å². The number of nitrogens with zero attached hydrogens (tertiary/aromatic N) is 1. The molecule has 0 bridgehead atoms. The Morgan fingerprint density at radius 3 is 2.43 bits per heavy atom. The van der Waals surface area contributed by atoms with Crippen molar-refractivity contribution in [2.45, 2.75) is 58.9 Å². The molecule has 2 atom stereocenters. The molecule has 1 aromatic carbocycles. The second kappa shape index (κ2) is 8.20. The Hall–Kier alpha value is -2.70. The van der Waals surface area contributed by atoms with Crippen LogP contribution in [0.4, 0.5) is 4.79 Å². The molecule has 1 saturated carbocycles. The van der Waals surface area contributed by atoms with Crippen LogP contribution in [0.5, 0.6) is 0 Å². The molecule has 2 unspecified atom stereocenters. The van der Waals surface area contributed by atoms with Gasteiger partial charge in [0.05, 0.1) is 0 Å². The van der Waals surface area contributed by atoms with Crippen LogP contribution in [0.25, 0.3) is 0 Å². The average molecular weight is 415 g/mol. The topological polar surface area (TPSA) is 92.8 Å². The Bertz CT molecular complexity index is 861. The number of carbonyl (C=O) groups excluding carboxylic acids is 4. The predicted molar refractivity (Wildman–Crippen MR) is 111 cm³/mol. The van der Waals surface area contributed by atoms with Crippen molar-refractivity contribution in [3.8, 4) is 0 Å². The SMILES string of the molecule is CCc1ccc(C(=O)COC(=O)CN2C(=O)NC3(CC(C)CC(C)(C)C3)C2=O)cc1. The summed E-state index contributed by atoms with van der Waals surface area (Å²) in [5.41, 5.74) is 0.510. The number of amides is 3. The zero-order chi connectivity index (χ0) is 22.1. The normalized spacial score (nSPS) is 25.3. The Morgan fingerprint density at radius 1 is 1.17 bits per heavy atom. The number of esters is 1. The summed E-state index contributed by atoms with van der Waals surface area (Å²) in [5.74, 6) is -1.22. The molecule has 2 fully saturated rings. The van der Waals surface area contributed by atoms with Crippen LogP contribution in [0.3, 0.4) is 0 Å². The second-order valence-electron chi connectivity index (χ2n) is 9.39. The van der Waals surface area contributed by atoms with Gasteiger partial charge in [-0.05, 0) is 42.6 Å². The Labute approximate surface area is 177 Å². The Morgan fingerprint density at radius 2 is 1.83 bits per heavy atom. The number of hydrogen-bond donors (Lipinski definition) is 1. The van der Waals surface area contributed by atoms with E-state index >= 15 is 0 Å². The zero-order valence-electron chi connectivity index (χ0n) is 18.1. The molecule has 0 radical (unpaired) electrons. The van der Waals surface area contributed by atoms with Crippen molar-refractivity contribution < 1.29 is 23.9 Å². The van der Waals surface area contributed by atoms with E-state index in [1.54, 1.807) is 12.1 Å². The zero-order valence-corrected chi connectivity index (χ0v) is 18.1. The predicted octanol–water partition coefficient (Wildman–Crippen LogP) is 3.11. The van der Waals surface area contributed by atoms with Gasteiger partial charge in [-0.15, -0.1) is 0 Å². The smallest absolute Gasteiger partial charge is 0.326 e. The van der Waals surface area contributed by atoms with E-state index < -0.39 is 30.7 Å². The molecule has 1 aliphatic carbocycles. The molecule has 1 aromatic rings. The molecule has 0 aromatic heterocycles. The van der Waals surface area contributed by atoms with E-state index in [2.05, 4.69) is 26.1 Å². The van der Waals surface area contributed by atoms with Crippen molar-refractivity contribution in [1.29, 1.82) is 0 Å². The molecule has 162 valence electrons. The third kappa shape index (κ3) is 4.55. The summed E-state index contributed by atoms with van der Waals surface area (Å²) < 4.78 is 5.05. The van der Waals surface area contributed by atoms with Crippen molar-refractivity contribution in [3.05, 3.63) is 35.4 Å². The van der Waals surface area contributed by atoms with Gasteiger partial charge in [0.2, 0.25) is 0 Å². The van der Waals surface area contributed by atoms with Crippen LogP contribution >= 0.6 is 0 Å². The first kappa shape index (κ1) is 22.0. The minimum absolute atomic E-state index is 0.0864. The molecule has 1 aliphatic heterocycles. The number of Topliss-reactive ketones (excluding diaryl/α,β-unsaturated/α-hetero) is 1. The van der Waals surface area contributed by atoms with Gasteiger partial charge in [-0.3, -0.25) is 19.3 Å². The third-order valence-electron chi connectivity index (χ3n) is 5.96. The summed E-state index contributed by atoms with van der Waals surface area (Å²) in [6.07, 6.45) is 2.93. The highest BCUT2D eigenvalue weighted by atomic mass is 16.5. The standard InChI is InChI=1S/C23H30N2O5/c1-5-16-6-8-17(9-7-16)18(26)13-30-19(27)12-25-20(28)23(24-21(25)29)11-15(2)10-22(3,4)14-23/h6-9,15H,5,10-14H2,1-4H3,(H,24,29). The number of carbonyl (C=O) groups is 4. The molecule has 2 aliphatic rings. The molecule has 1 saturated heterocycles. The summed E-state index contributed by atoms with van der Waals surface area (Å²) in [6, 6.07) is 6.52. The quantitative estimate of drug-likeness (QED) is 0.439. The van der Waals surface area contributed by atoms with E-state index in [-0.39, 0.29) is 23.0 Å². The fourth-order valence-electron chi connectivity index (χ4n) is 4.98. The summed E-state index contributed by atoms with van der Waals surface area (Å²) in [6.45, 7) is 7.33. The number of nitrogens with one attached hydrogen (secondary N) is 1. The molecule has 1 spiro atoms. The van der Waals surface area contributed by atoms with E-state index in [0.29, 0.717) is 18.4 Å². The van der Waals surface area contributed by atoms with Crippen LogP contribution in [-0.4, -0.2) is 47.3 Å². The first-order valence-corrected chi connectivity index (χ1v) is 10.5. The van der Waals surface area contributed by atoms with E-state index in [0.717, 1.165) is 23.3 Å². The highest BCUT2D eigenvalue weighted by Gasteiger charge is 2.56. The number of rotatable bonds is 6. The first-order valence-electron chi connectivity index (χ1n) is 10.5. The molecular weight excluding hydrogens is 384 g/mol. The summed E-state index contributed by atoms with van der Waals surface area (Å²) >= 11 is 0. The minimum atomic E-state index is -0.963. The fraction of sp³-hybridized carbons (Fsp3) is 0.565. The lowest BCUT2D eigenvalue weighted by atomic mass is 9.64. The van der Waals surface area contributed by atoms with Crippen molar-refractivity contribution in [2.75, 3.05) is 13.2 Å². The highest BCUT2D eigenvalue weighted by Crippen LogP contribution is 2.46. The number of ether oxygens (including phenoxy) is 1. The Kier molecular flexibility index (Phi) is 6.01. The molecule has 3 rings (SSSR count). The van der Waals surface area contributed by atoms with Crippen LogP contribution < -0.4 is 5.32 Å². The molecule has 1 N–H and O–H groups in total. The number of hydrogen-bond acceptors (Lipinski definition) is 5. The van der Waals surface area contributed by atoms with Crippen molar-refractivity contribution in [1.82, 2.24) is 10.2 Å². The summed E-state index contributed by atoms with van der Waals surface area (Å²) in [5, 5.41) is 2.82. The van der Waals surface area contributed by atoms with E-state index in [9.17, 15) is 19.2 Å². The van der Waals surface area contributed by atoms with Gasteiger partial charge in [0, 0.05) is 5.56 Å². The van der Waals surface area contributed by atoms with Gasteiger partial charge in [-0.2, -0.15) is 0 Å². The summed E-state index contributed by atoms with van der Waals surface area (Å²) in [7, 11) is 0. The van der Waals surface area contributed by atoms with Gasteiger partial charge in [0.25, 0.3) is 5.91 Å². The molecule has 3 amide bonds. The lowest BCUT2D eigenvalue weighted by molar-refractivity contribution is -0.147. The van der Waals surface area contributed by atoms with Gasteiger partial charge in [0.1, 0.15) is 12.1 Å². The van der Waals surface area contributed by atoms with Crippen molar-refractivity contribution >= 4 is 23.7 Å². The van der Waals surface area contributed by atoms with Gasteiger partial charge in [-0.25, -0.2) is 4.79 Å². The lowest BCUT2D eigenvalue weighted by Gasteiger charge is -2.43. The van der Waals surface area contributed by atoms with Crippen LogP contribution in [0.15, 0.2) is 24.3 Å². The molecule has 7 nitrogen and oxygen atoms in total. The largest absolute Gasteiger partial charge is 0.456 e. The van der Waals surface area contributed by atoms with E-state index in [1.165, 1.54) is 0 Å². The number of imide groups is 1. The highest BCUT2D eigenvalue weighted by molar-refractivity contribution is 6.09. The maximum atomic E-state index is 13.0. The van der Waals surface area contributed by atoms with Gasteiger partial charge in [0.15, 0.2) is 12.4 Å². The number of aryl methyl sites for hydroxylation is 1. The maximum absolute atomic E-state index is 13.0. The molecule has 7 heteroatoms. The monoisotopic (exact) mass is 414 g/mol. The van der Waals surface area contributed by atoms with E-state index in [4.69, 9.17) is 4.74 Å². The maximum Gasteiger partial charge on any atom is 0.326 e. The van der Waals surface area contributed by atoms with Crippen LogP contribution in [0.1, 0.15) is 62.9 Å². The van der Waals surface area contributed by atoms with Gasteiger partial charge in [-0.1, -0.05) is 52.0 Å². The van der Waals surface area contributed by atoms with E-state index in [1.807, 2.05) is 19.1 Å². The number of ketones is 1.